The Balaban J connectivity index is 0.00000364. The van der Waals surface area contributed by atoms with Gasteiger partial charge < -0.3 is 15.5 Å². The fraction of sp³-hybridized carbons (Fsp3) is 0.524. The lowest BCUT2D eigenvalue weighted by Gasteiger charge is -2.22. The largest absolute Gasteiger partial charge is 0.352 e. The minimum absolute atomic E-state index is 0. The van der Waals surface area contributed by atoms with Gasteiger partial charge in [-0.2, -0.15) is 0 Å². The first-order valence-corrected chi connectivity index (χ1v) is 9.56. The Morgan fingerprint density at radius 2 is 2.11 bits per heavy atom. The molecular formula is C21H33IN4O. The first kappa shape index (κ1) is 23.5. The van der Waals surface area contributed by atoms with Gasteiger partial charge in [-0.1, -0.05) is 31.1 Å². The maximum absolute atomic E-state index is 12.3. The molecule has 0 spiro atoms. The molecule has 6 heteroatoms. The molecule has 5 nitrogen and oxygen atoms in total. The Labute approximate surface area is 180 Å². The summed E-state index contributed by atoms with van der Waals surface area (Å²) in [5.41, 5.74) is 1.99. The predicted molar refractivity (Wildman–Crippen MR) is 125 cm³/mol. The number of amides is 1. The maximum atomic E-state index is 12.3. The lowest BCUT2D eigenvalue weighted by Crippen LogP contribution is -2.38. The van der Waals surface area contributed by atoms with Crippen LogP contribution in [0.4, 0.5) is 5.69 Å². The molecule has 0 bridgehead atoms. The van der Waals surface area contributed by atoms with Crippen LogP contribution in [0.1, 0.15) is 44.1 Å². The number of unbranched alkanes of at least 4 members (excludes halogenated alkanes) is 1. The van der Waals surface area contributed by atoms with Crippen LogP contribution in [0, 0.1) is 5.92 Å². The lowest BCUT2D eigenvalue weighted by atomic mass is 10.1. The minimum Gasteiger partial charge on any atom is -0.352 e. The Kier molecular flexibility index (Phi) is 11.1. The number of nitrogens with zero attached hydrogens (tertiary/aromatic N) is 2. The van der Waals surface area contributed by atoms with Crippen LogP contribution in [-0.4, -0.2) is 37.4 Å². The first-order valence-electron chi connectivity index (χ1n) is 9.56. The monoisotopic (exact) mass is 484 g/mol. The van der Waals surface area contributed by atoms with Crippen LogP contribution in [0.5, 0.6) is 0 Å². The van der Waals surface area contributed by atoms with E-state index >= 15 is 0 Å². The number of carbonyl (C=O) groups is 1. The van der Waals surface area contributed by atoms with Crippen molar-refractivity contribution in [3.63, 3.8) is 0 Å². The number of rotatable bonds is 8. The molecule has 0 aromatic heterocycles. The van der Waals surface area contributed by atoms with E-state index in [4.69, 9.17) is 0 Å². The van der Waals surface area contributed by atoms with Gasteiger partial charge in [-0.05, 0) is 43.4 Å². The number of carbonyl (C=O) groups excluding carboxylic acids is 1. The highest BCUT2D eigenvalue weighted by atomic mass is 127. The standard InChI is InChI=1S/C21H32N4O.HI/c1-4-5-8-14-25(3)21(22-2)23-16-17-10-9-13-19(15-17)24-20(26)18-11-6-7-12-18;/h4,9-10,13,15,18H,1,5-8,11-12,14,16H2,2-3H3,(H,22,23)(H,24,26);1H. The number of hydrogen-bond acceptors (Lipinski definition) is 2. The molecule has 1 saturated carbocycles. The molecule has 1 amide bonds. The zero-order chi connectivity index (χ0) is 18.8. The normalized spacial score (nSPS) is 14.4. The van der Waals surface area contributed by atoms with Crippen molar-refractivity contribution in [2.75, 3.05) is 26.0 Å². The molecule has 1 fully saturated rings. The number of halogens is 1. The van der Waals surface area contributed by atoms with Crippen molar-refractivity contribution in [1.82, 2.24) is 10.2 Å². The minimum atomic E-state index is 0. The summed E-state index contributed by atoms with van der Waals surface area (Å²) in [5.74, 6) is 1.21. The van der Waals surface area contributed by atoms with E-state index in [1.54, 1.807) is 7.05 Å². The van der Waals surface area contributed by atoms with Gasteiger partial charge in [-0.3, -0.25) is 9.79 Å². The van der Waals surface area contributed by atoms with Gasteiger partial charge >= 0.3 is 0 Å². The van der Waals surface area contributed by atoms with Crippen molar-refractivity contribution < 1.29 is 4.79 Å². The second kappa shape index (κ2) is 12.8. The van der Waals surface area contributed by atoms with Gasteiger partial charge in [0, 0.05) is 38.8 Å². The molecule has 1 aliphatic carbocycles. The fourth-order valence-electron chi connectivity index (χ4n) is 3.34. The van der Waals surface area contributed by atoms with Crippen LogP contribution in [0.15, 0.2) is 41.9 Å². The van der Waals surface area contributed by atoms with E-state index in [-0.39, 0.29) is 35.8 Å². The van der Waals surface area contributed by atoms with Gasteiger partial charge in [-0.15, -0.1) is 30.6 Å². The van der Waals surface area contributed by atoms with Crippen LogP contribution >= 0.6 is 24.0 Å². The number of hydrogen-bond donors (Lipinski definition) is 2. The average molecular weight is 484 g/mol. The zero-order valence-corrected chi connectivity index (χ0v) is 18.9. The van der Waals surface area contributed by atoms with E-state index in [0.29, 0.717) is 6.54 Å². The van der Waals surface area contributed by atoms with Crippen LogP contribution in [-0.2, 0) is 11.3 Å². The molecule has 0 heterocycles. The van der Waals surface area contributed by atoms with Gasteiger partial charge in [0.15, 0.2) is 5.96 Å². The number of allylic oxidation sites excluding steroid dienone is 1. The molecule has 0 saturated heterocycles. The zero-order valence-electron chi connectivity index (χ0n) is 16.5. The van der Waals surface area contributed by atoms with Gasteiger partial charge in [0.05, 0.1) is 0 Å². The molecule has 0 unspecified atom stereocenters. The van der Waals surface area contributed by atoms with E-state index in [0.717, 1.165) is 49.4 Å². The van der Waals surface area contributed by atoms with Crippen molar-refractivity contribution in [2.45, 2.75) is 45.1 Å². The van der Waals surface area contributed by atoms with Crippen LogP contribution < -0.4 is 10.6 Å². The highest BCUT2D eigenvalue weighted by Crippen LogP contribution is 2.26. The third-order valence-corrected chi connectivity index (χ3v) is 4.85. The quantitative estimate of drug-likeness (QED) is 0.189. The molecular weight excluding hydrogens is 451 g/mol. The van der Waals surface area contributed by atoms with E-state index < -0.39 is 0 Å². The Hall–Kier alpha value is -1.57. The second-order valence-electron chi connectivity index (χ2n) is 6.92. The second-order valence-corrected chi connectivity index (χ2v) is 6.92. The van der Waals surface area contributed by atoms with Gasteiger partial charge in [0.1, 0.15) is 0 Å². The van der Waals surface area contributed by atoms with E-state index in [2.05, 4.69) is 33.2 Å². The first-order chi connectivity index (χ1) is 12.6. The van der Waals surface area contributed by atoms with Crippen LogP contribution in [0.3, 0.4) is 0 Å². The molecule has 150 valence electrons. The maximum Gasteiger partial charge on any atom is 0.227 e. The van der Waals surface area contributed by atoms with E-state index in [1.807, 2.05) is 31.3 Å². The molecule has 0 aliphatic heterocycles. The smallest absolute Gasteiger partial charge is 0.227 e. The Bertz CT molecular complexity index is 626. The van der Waals surface area contributed by atoms with Crippen LogP contribution in [0.2, 0.25) is 0 Å². The SMILES string of the molecule is C=CCCCN(C)C(=NC)NCc1cccc(NC(=O)C2CCCC2)c1.I. The summed E-state index contributed by atoms with van der Waals surface area (Å²) in [7, 11) is 3.83. The molecule has 1 aromatic carbocycles. The summed E-state index contributed by atoms with van der Waals surface area (Å²) >= 11 is 0. The molecule has 0 atom stereocenters. The average Bonchev–Trinajstić information content (AvgIpc) is 3.18. The van der Waals surface area contributed by atoms with Gasteiger partial charge in [-0.25, -0.2) is 0 Å². The lowest BCUT2D eigenvalue weighted by molar-refractivity contribution is -0.119. The summed E-state index contributed by atoms with van der Waals surface area (Å²) in [6.07, 6.45) is 8.37. The fourth-order valence-corrected chi connectivity index (χ4v) is 3.34. The molecule has 2 N–H and O–H groups in total. The molecule has 27 heavy (non-hydrogen) atoms. The third-order valence-electron chi connectivity index (χ3n) is 4.85. The summed E-state index contributed by atoms with van der Waals surface area (Å²) < 4.78 is 0. The summed E-state index contributed by atoms with van der Waals surface area (Å²) in [4.78, 5) is 18.8. The molecule has 2 rings (SSSR count). The number of benzene rings is 1. The predicted octanol–water partition coefficient (Wildman–Crippen LogP) is 4.41. The topological polar surface area (TPSA) is 56.7 Å². The number of nitrogens with one attached hydrogen (secondary N) is 2. The summed E-state index contributed by atoms with van der Waals surface area (Å²) in [6.45, 7) is 5.36. The third kappa shape index (κ3) is 7.91. The van der Waals surface area contributed by atoms with Crippen molar-refractivity contribution in [3.8, 4) is 0 Å². The van der Waals surface area contributed by atoms with Crippen molar-refractivity contribution >= 4 is 41.5 Å². The van der Waals surface area contributed by atoms with Crippen molar-refractivity contribution in [1.29, 1.82) is 0 Å². The van der Waals surface area contributed by atoms with E-state index in [1.165, 1.54) is 12.8 Å². The molecule has 1 aliphatic rings. The summed E-state index contributed by atoms with van der Waals surface area (Å²) in [6, 6.07) is 8.03. The van der Waals surface area contributed by atoms with Gasteiger partial charge in [0.25, 0.3) is 0 Å². The van der Waals surface area contributed by atoms with Gasteiger partial charge in [0.2, 0.25) is 5.91 Å². The Morgan fingerprint density at radius 3 is 2.78 bits per heavy atom. The molecule has 1 aromatic rings. The number of anilines is 1. The van der Waals surface area contributed by atoms with Crippen LogP contribution in [0.25, 0.3) is 0 Å². The number of aliphatic imine (C=N–C) groups is 1. The summed E-state index contributed by atoms with van der Waals surface area (Å²) in [5, 5.41) is 6.45. The molecule has 0 radical (unpaired) electrons. The number of guanidine groups is 1. The van der Waals surface area contributed by atoms with Crippen molar-refractivity contribution in [3.05, 3.63) is 42.5 Å². The van der Waals surface area contributed by atoms with E-state index in [9.17, 15) is 4.79 Å². The highest BCUT2D eigenvalue weighted by molar-refractivity contribution is 14.0. The van der Waals surface area contributed by atoms with Crippen molar-refractivity contribution in [2.24, 2.45) is 10.9 Å². The highest BCUT2D eigenvalue weighted by Gasteiger charge is 2.22. The Morgan fingerprint density at radius 1 is 1.37 bits per heavy atom.